The molecule has 0 aromatic heterocycles. The maximum Gasteiger partial charge on any atom is -0.0327 e. The van der Waals surface area contributed by atoms with Gasteiger partial charge in [0.25, 0.3) is 0 Å². The second kappa shape index (κ2) is 6.85. The molecule has 0 aliphatic rings. The van der Waals surface area contributed by atoms with Gasteiger partial charge in [0.05, 0.1) is 0 Å². The van der Waals surface area contributed by atoms with Crippen LogP contribution in [-0.4, -0.2) is 0 Å². The van der Waals surface area contributed by atoms with Crippen molar-refractivity contribution in [2.75, 3.05) is 0 Å². The molecule has 0 bridgehead atoms. The zero-order chi connectivity index (χ0) is 7.82. The normalized spacial score (nSPS) is 11.6. The summed E-state index contributed by atoms with van der Waals surface area (Å²) in [5.74, 6) is 0.817. The van der Waals surface area contributed by atoms with Crippen LogP contribution < -0.4 is 0 Å². The Bertz CT molecular complexity index is 80.0. The lowest BCUT2D eigenvalue weighted by Gasteiger charge is -1.95. The number of unbranched alkanes of at least 4 members (excludes halogenated alkanes) is 2. The monoisotopic (exact) mass is 140 g/mol. The maximum atomic E-state index is 2.31. The molecule has 0 atom stereocenters. The van der Waals surface area contributed by atoms with Gasteiger partial charge in [-0.1, -0.05) is 45.8 Å². The van der Waals surface area contributed by atoms with Crippen molar-refractivity contribution < 1.29 is 0 Å². The van der Waals surface area contributed by atoms with Crippen LogP contribution in [0.1, 0.15) is 46.5 Å². The predicted molar refractivity (Wildman–Crippen MR) is 48.1 cm³/mol. The Morgan fingerprint density at radius 3 is 2.40 bits per heavy atom. The van der Waals surface area contributed by atoms with Gasteiger partial charge >= 0.3 is 0 Å². The molecule has 0 aliphatic carbocycles. The van der Waals surface area contributed by atoms with E-state index >= 15 is 0 Å². The quantitative estimate of drug-likeness (QED) is 0.402. The highest BCUT2D eigenvalue weighted by Gasteiger charge is 1.85. The fourth-order valence-corrected chi connectivity index (χ4v) is 0.808. The first-order valence-electron chi connectivity index (χ1n) is 4.42. The highest BCUT2D eigenvalue weighted by atomic mass is 13.9. The van der Waals surface area contributed by atoms with Crippen molar-refractivity contribution in [2.45, 2.75) is 46.5 Å². The average Bonchev–Trinajstić information content (AvgIpc) is 1.87. The van der Waals surface area contributed by atoms with E-state index in [0.717, 1.165) is 5.92 Å². The average molecular weight is 140 g/mol. The molecule has 0 saturated heterocycles. The van der Waals surface area contributed by atoms with Crippen molar-refractivity contribution >= 4 is 0 Å². The summed E-state index contributed by atoms with van der Waals surface area (Å²) in [5, 5.41) is 0. The summed E-state index contributed by atoms with van der Waals surface area (Å²) < 4.78 is 0. The molecule has 0 N–H and O–H groups in total. The summed E-state index contributed by atoms with van der Waals surface area (Å²) >= 11 is 0. The maximum absolute atomic E-state index is 2.31. The minimum atomic E-state index is 0.817. The predicted octanol–water partition coefficient (Wildman–Crippen LogP) is 3.78. The zero-order valence-electron chi connectivity index (χ0n) is 7.56. The topological polar surface area (TPSA) is 0 Å². The molecule has 0 saturated carbocycles. The van der Waals surface area contributed by atoms with Gasteiger partial charge in [-0.3, -0.25) is 0 Å². The zero-order valence-corrected chi connectivity index (χ0v) is 7.56. The second-order valence-corrected chi connectivity index (χ2v) is 3.24. The number of hydrogen-bond donors (Lipinski definition) is 0. The molecule has 0 nitrogen and oxygen atoms in total. The summed E-state index contributed by atoms with van der Waals surface area (Å²) in [7, 11) is 0. The van der Waals surface area contributed by atoms with Crippen molar-refractivity contribution in [2.24, 2.45) is 5.92 Å². The molecule has 0 radical (unpaired) electrons. The van der Waals surface area contributed by atoms with E-state index in [2.05, 4.69) is 32.9 Å². The summed E-state index contributed by atoms with van der Waals surface area (Å²) in [6, 6.07) is 0. The summed E-state index contributed by atoms with van der Waals surface area (Å²) in [5.41, 5.74) is 0. The van der Waals surface area contributed by atoms with Crippen LogP contribution in [0, 0.1) is 5.92 Å². The van der Waals surface area contributed by atoms with E-state index in [0.29, 0.717) is 0 Å². The van der Waals surface area contributed by atoms with Gasteiger partial charge in [0, 0.05) is 0 Å². The third kappa shape index (κ3) is 7.74. The minimum absolute atomic E-state index is 0.817. The number of allylic oxidation sites excluding steroid dienone is 2. The standard InChI is InChI=1S/C10H20/c1-4-5-6-7-8-9-10(2)3/h7-8,10H,4-6,9H2,1-3H3/b8-7+. The highest BCUT2D eigenvalue weighted by molar-refractivity contribution is 4.81. The van der Waals surface area contributed by atoms with Crippen LogP contribution in [0.15, 0.2) is 12.2 Å². The van der Waals surface area contributed by atoms with Crippen molar-refractivity contribution in [3.8, 4) is 0 Å². The summed E-state index contributed by atoms with van der Waals surface area (Å²) in [6.07, 6.45) is 9.78. The number of hydrogen-bond acceptors (Lipinski definition) is 0. The van der Waals surface area contributed by atoms with Crippen LogP contribution in [-0.2, 0) is 0 Å². The third-order valence-corrected chi connectivity index (χ3v) is 1.50. The van der Waals surface area contributed by atoms with Crippen molar-refractivity contribution in [3.05, 3.63) is 12.2 Å². The fraction of sp³-hybridized carbons (Fsp3) is 0.800. The van der Waals surface area contributed by atoms with Gasteiger partial charge in [0.15, 0.2) is 0 Å². The van der Waals surface area contributed by atoms with Gasteiger partial charge in [-0.25, -0.2) is 0 Å². The second-order valence-electron chi connectivity index (χ2n) is 3.24. The molecule has 0 fully saturated rings. The molecule has 0 amide bonds. The van der Waals surface area contributed by atoms with Gasteiger partial charge in [-0.15, -0.1) is 0 Å². The molecule has 0 aromatic carbocycles. The van der Waals surface area contributed by atoms with Crippen LogP contribution in [0.25, 0.3) is 0 Å². The summed E-state index contributed by atoms with van der Waals surface area (Å²) in [6.45, 7) is 6.74. The lowest BCUT2D eigenvalue weighted by atomic mass is 10.1. The van der Waals surface area contributed by atoms with E-state index in [1.807, 2.05) is 0 Å². The van der Waals surface area contributed by atoms with Crippen LogP contribution in [0.2, 0.25) is 0 Å². The molecule has 10 heavy (non-hydrogen) atoms. The van der Waals surface area contributed by atoms with Crippen molar-refractivity contribution in [1.29, 1.82) is 0 Å². The van der Waals surface area contributed by atoms with E-state index in [4.69, 9.17) is 0 Å². The Morgan fingerprint density at radius 1 is 1.20 bits per heavy atom. The van der Waals surface area contributed by atoms with E-state index in [1.54, 1.807) is 0 Å². The molecule has 0 spiro atoms. The van der Waals surface area contributed by atoms with E-state index in [-0.39, 0.29) is 0 Å². The Balaban J connectivity index is 3.04. The highest BCUT2D eigenvalue weighted by Crippen LogP contribution is 2.02. The molecule has 0 heteroatoms. The first-order chi connectivity index (χ1) is 4.77. The van der Waals surface area contributed by atoms with Gasteiger partial charge in [0.2, 0.25) is 0 Å². The van der Waals surface area contributed by atoms with E-state index in [9.17, 15) is 0 Å². The van der Waals surface area contributed by atoms with Crippen LogP contribution in [0.4, 0.5) is 0 Å². The Kier molecular flexibility index (Phi) is 6.68. The van der Waals surface area contributed by atoms with Gasteiger partial charge in [-0.2, -0.15) is 0 Å². The van der Waals surface area contributed by atoms with Crippen molar-refractivity contribution in [1.82, 2.24) is 0 Å². The van der Waals surface area contributed by atoms with Crippen LogP contribution >= 0.6 is 0 Å². The summed E-state index contributed by atoms with van der Waals surface area (Å²) in [4.78, 5) is 0. The molecule has 0 unspecified atom stereocenters. The Labute approximate surface area is 65.3 Å². The lowest BCUT2D eigenvalue weighted by molar-refractivity contribution is 0.661. The van der Waals surface area contributed by atoms with Gasteiger partial charge in [-0.05, 0) is 18.8 Å². The number of rotatable bonds is 5. The minimum Gasteiger partial charge on any atom is -0.0885 e. The molecule has 0 aromatic rings. The van der Waals surface area contributed by atoms with Crippen molar-refractivity contribution in [3.63, 3.8) is 0 Å². The Morgan fingerprint density at radius 2 is 1.90 bits per heavy atom. The lowest BCUT2D eigenvalue weighted by Crippen LogP contribution is -1.80. The van der Waals surface area contributed by atoms with Crippen LogP contribution in [0.5, 0.6) is 0 Å². The van der Waals surface area contributed by atoms with Gasteiger partial charge < -0.3 is 0 Å². The SMILES string of the molecule is CCCC/C=C/CC(C)C. The Hall–Kier alpha value is -0.260. The molecule has 0 rings (SSSR count). The molecule has 0 heterocycles. The largest absolute Gasteiger partial charge is 0.0885 e. The third-order valence-electron chi connectivity index (χ3n) is 1.50. The van der Waals surface area contributed by atoms with Crippen LogP contribution in [0.3, 0.4) is 0 Å². The van der Waals surface area contributed by atoms with E-state index in [1.165, 1.54) is 25.7 Å². The smallest absolute Gasteiger partial charge is 0.0327 e. The molecular weight excluding hydrogens is 120 g/mol. The molecular formula is C10H20. The fourth-order valence-electron chi connectivity index (χ4n) is 0.808. The van der Waals surface area contributed by atoms with E-state index < -0.39 is 0 Å². The molecule has 0 aliphatic heterocycles. The molecule has 60 valence electrons. The first-order valence-corrected chi connectivity index (χ1v) is 4.42. The van der Waals surface area contributed by atoms with Gasteiger partial charge in [0.1, 0.15) is 0 Å². The first kappa shape index (κ1) is 9.74.